The van der Waals surface area contributed by atoms with Crippen LogP contribution in [0.25, 0.3) is 0 Å². The molecule has 86 valence electrons. The summed E-state index contributed by atoms with van der Waals surface area (Å²) in [6.07, 6.45) is 4.04. The summed E-state index contributed by atoms with van der Waals surface area (Å²) in [6, 6.07) is 9.19. The summed E-state index contributed by atoms with van der Waals surface area (Å²) in [4.78, 5) is 15.1. The van der Waals surface area contributed by atoms with Crippen molar-refractivity contribution in [3.63, 3.8) is 0 Å². The number of carbonyl (C=O) groups is 1. The number of nitrogens with zero attached hydrogens (tertiary/aromatic N) is 1. The van der Waals surface area contributed by atoms with E-state index in [1.165, 1.54) is 0 Å². The van der Waals surface area contributed by atoms with Crippen molar-refractivity contribution >= 4 is 5.97 Å². The number of carboxylic acids is 1. The summed E-state index contributed by atoms with van der Waals surface area (Å²) in [6.45, 7) is 1.96. The molecular weight excluding hydrogens is 214 g/mol. The van der Waals surface area contributed by atoms with Gasteiger partial charge in [-0.05, 0) is 42.7 Å². The van der Waals surface area contributed by atoms with Gasteiger partial charge in [-0.3, -0.25) is 4.98 Å². The lowest BCUT2D eigenvalue weighted by atomic mass is 9.98. The molecular formula is C14H13NO2. The average Bonchev–Trinajstić information content (AvgIpc) is 2.30. The number of benzene rings is 1. The van der Waals surface area contributed by atoms with Crippen LogP contribution in [0.4, 0.5) is 0 Å². The number of rotatable bonds is 3. The molecule has 1 aromatic carbocycles. The van der Waals surface area contributed by atoms with Gasteiger partial charge in [0.25, 0.3) is 0 Å². The van der Waals surface area contributed by atoms with E-state index in [4.69, 9.17) is 5.11 Å². The highest BCUT2D eigenvalue weighted by Crippen LogP contribution is 2.16. The molecule has 0 aliphatic carbocycles. The SMILES string of the molecule is Cc1ccc(C(=O)O)c(Cc2ccncc2)c1. The Morgan fingerprint density at radius 3 is 2.59 bits per heavy atom. The molecule has 1 N–H and O–H groups in total. The van der Waals surface area contributed by atoms with Gasteiger partial charge >= 0.3 is 5.97 Å². The second-order valence-corrected chi connectivity index (χ2v) is 4.00. The Hall–Kier alpha value is -2.16. The molecule has 0 saturated heterocycles. The van der Waals surface area contributed by atoms with Crippen LogP contribution in [-0.2, 0) is 6.42 Å². The first-order valence-corrected chi connectivity index (χ1v) is 5.38. The van der Waals surface area contributed by atoms with Crippen LogP contribution >= 0.6 is 0 Å². The smallest absolute Gasteiger partial charge is 0.335 e. The van der Waals surface area contributed by atoms with Gasteiger partial charge in [0.05, 0.1) is 5.56 Å². The molecule has 1 aromatic heterocycles. The Morgan fingerprint density at radius 1 is 1.24 bits per heavy atom. The van der Waals surface area contributed by atoms with Gasteiger partial charge in [0.1, 0.15) is 0 Å². The van der Waals surface area contributed by atoms with Gasteiger partial charge in [-0.1, -0.05) is 17.7 Å². The van der Waals surface area contributed by atoms with E-state index in [1.807, 2.05) is 31.2 Å². The summed E-state index contributed by atoms with van der Waals surface area (Å²) in [7, 11) is 0. The standard InChI is InChI=1S/C14H13NO2/c1-10-2-3-13(14(16)17)12(8-10)9-11-4-6-15-7-5-11/h2-8H,9H2,1H3,(H,16,17). The molecule has 0 aliphatic rings. The topological polar surface area (TPSA) is 50.2 Å². The van der Waals surface area contributed by atoms with Crippen LogP contribution in [0, 0.1) is 6.92 Å². The van der Waals surface area contributed by atoms with Gasteiger partial charge in [0, 0.05) is 12.4 Å². The Morgan fingerprint density at radius 2 is 1.94 bits per heavy atom. The Balaban J connectivity index is 2.37. The fourth-order valence-corrected chi connectivity index (χ4v) is 1.80. The van der Waals surface area contributed by atoms with Crippen molar-refractivity contribution in [1.29, 1.82) is 0 Å². The fourth-order valence-electron chi connectivity index (χ4n) is 1.80. The van der Waals surface area contributed by atoms with Crippen LogP contribution in [0.5, 0.6) is 0 Å². The van der Waals surface area contributed by atoms with Crippen molar-refractivity contribution in [3.05, 3.63) is 65.0 Å². The second-order valence-electron chi connectivity index (χ2n) is 4.00. The van der Waals surface area contributed by atoms with Crippen LogP contribution in [0.3, 0.4) is 0 Å². The van der Waals surface area contributed by atoms with Crippen LogP contribution in [0.1, 0.15) is 27.0 Å². The number of hydrogen-bond acceptors (Lipinski definition) is 2. The minimum Gasteiger partial charge on any atom is -0.478 e. The maximum atomic E-state index is 11.1. The average molecular weight is 227 g/mol. The molecule has 0 bridgehead atoms. The lowest BCUT2D eigenvalue weighted by molar-refractivity contribution is 0.0696. The van der Waals surface area contributed by atoms with Crippen molar-refractivity contribution in [1.82, 2.24) is 4.98 Å². The summed E-state index contributed by atoms with van der Waals surface area (Å²) in [5.74, 6) is -0.881. The van der Waals surface area contributed by atoms with Crippen molar-refractivity contribution in [2.45, 2.75) is 13.3 Å². The van der Waals surface area contributed by atoms with Gasteiger partial charge < -0.3 is 5.11 Å². The van der Waals surface area contributed by atoms with E-state index in [1.54, 1.807) is 18.5 Å². The molecule has 2 rings (SSSR count). The molecule has 0 spiro atoms. The molecule has 0 atom stereocenters. The summed E-state index contributed by atoms with van der Waals surface area (Å²) in [5.41, 5.74) is 3.34. The molecule has 0 saturated carbocycles. The van der Waals surface area contributed by atoms with Crippen molar-refractivity contribution in [2.24, 2.45) is 0 Å². The molecule has 3 nitrogen and oxygen atoms in total. The third-order valence-corrected chi connectivity index (χ3v) is 2.64. The first kappa shape index (κ1) is 11.3. The Bertz CT molecular complexity index is 535. The first-order valence-electron chi connectivity index (χ1n) is 5.38. The molecule has 0 fully saturated rings. The predicted octanol–water partition coefficient (Wildman–Crippen LogP) is 2.68. The maximum absolute atomic E-state index is 11.1. The number of aromatic carboxylic acids is 1. The number of aromatic nitrogens is 1. The fraction of sp³-hybridized carbons (Fsp3) is 0.143. The zero-order chi connectivity index (χ0) is 12.3. The molecule has 1 heterocycles. The maximum Gasteiger partial charge on any atom is 0.335 e. The van der Waals surface area contributed by atoms with E-state index < -0.39 is 5.97 Å². The van der Waals surface area contributed by atoms with Gasteiger partial charge in [0.2, 0.25) is 0 Å². The third kappa shape index (κ3) is 2.69. The largest absolute Gasteiger partial charge is 0.478 e. The van der Waals surface area contributed by atoms with Crippen LogP contribution in [0.2, 0.25) is 0 Å². The number of hydrogen-bond donors (Lipinski definition) is 1. The van der Waals surface area contributed by atoms with E-state index in [0.717, 1.165) is 16.7 Å². The van der Waals surface area contributed by atoms with Crippen LogP contribution in [0.15, 0.2) is 42.7 Å². The number of pyridine rings is 1. The molecule has 0 unspecified atom stereocenters. The Labute approximate surface area is 99.8 Å². The zero-order valence-electron chi connectivity index (χ0n) is 9.55. The predicted molar refractivity (Wildman–Crippen MR) is 65.2 cm³/mol. The highest BCUT2D eigenvalue weighted by molar-refractivity contribution is 5.89. The van der Waals surface area contributed by atoms with E-state index in [2.05, 4.69) is 4.98 Å². The lowest BCUT2D eigenvalue weighted by Crippen LogP contribution is -2.03. The lowest BCUT2D eigenvalue weighted by Gasteiger charge is -2.07. The summed E-state index contributed by atoms with van der Waals surface area (Å²) < 4.78 is 0. The number of aryl methyl sites for hydroxylation is 1. The first-order chi connectivity index (χ1) is 8.16. The Kier molecular flexibility index (Phi) is 3.19. The highest BCUT2D eigenvalue weighted by Gasteiger charge is 2.10. The minimum absolute atomic E-state index is 0.368. The van der Waals surface area contributed by atoms with E-state index in [-0.39, 0.29) is 0 Å². The molecule has 3 heteroatoms. The second kappa shape index (κ2) is 4.78. The minimum atomic E-state index is -0.881. The van der Waals surface area contributed by atoms with Crippen molar-refractivity contribution in [3.8, 4) is 0 Å². The van der Waals surface area contributed by atoms with E-state index in [9.17, 15) is 4.79 Å². The van der Waals surface area contributed by atoms with Crippen LogP contribution < -0.4 is 0 Å². The van der Waals surface area contributed by atoms with E-state index >= 15 is 0 Å². The van der Waals surface area contributed by atoms with E-state index in [0.29, 0.717) is 12.0 Å². The molecule has 0 amide bonds. The summed E-state index contributed by atoms with van der Waals surface area (Å²) >= 11 is 0. The molecule has 17 heavy (non-hydrogen) atoms. The zero-order valence-corrected chi connectivity index (χ0v) is 9.55. The van der Waals surface area contributed by atoms with Crippen LogP contribution in [-0.4, -0.2) is 16.1 Å². The van der Waals surface area contributed by atoms with Gasteiger partial charge in [-0.25, -0.2) is 4.79 Å². The quantitative estimate of drug-likeness (QED) is 0.877. The molecule has 0 radical (unpaired) electrons. The monoisotopic (exact) mass is 227 g/mol. The highest BCUT2D eigenvalue weighted by atomic mass is 16.4. The van der Waals surface area contributed by atoms with Gasteiger partial charge in [-0.15, -0.1) is 0 Å². The third-order valence-electron chi connectivity index (χ3n) is 2.64. The molecule has 2 aromatic rings. The molecule has 0 aliphatic heterocycles. The van der Waals surface area contributed by atoms with Gasteiger partial charge in [-0.2, -0.15) is 0 Å². The van der Waals surface area contributed by atoms with Crippen molar-refractivity contribution in [2.75, 3.05) is 0 Å². The summed E-state index contributed by atoms with van der Waals surface area (Å²) in [5, 5.41) is 9.12. The van der Waals surface area contributed by atoms with Gasteiger partial charge in [0.15, 0.2) is 0 Å². The van der Waals surface area contributed by atoms with Crippen molar-refractivity contribution < 1.29 is 9.90 Å². The number of carboxylic acid groups (broad SMARTS) is 1. The normalized spacial score (nSPS) is 10.2.